The molecule has 2 aliphatic rings. The summed E-state index contributed by atoms with van der Waals surface area (Å²) in [6, 6.07) is 0. The number of rotatable bonds is 5. The average molecular weight is 242 g/mol. The number of ether oxygens (including phenoxy) is 3. The molecule has 100 valence electrons. The van der Waals surface area contributed by atoms with Gasteiger partial charge in [0, 0.05) is 6.61 Å². The smallest absolute Gasteiger partial charge is 0.163 e. The van der Waals surface area contributed by atoms with Gasteiger partial charge in [0.1, 0.15) is 0 Å². The van der Waals surface area contributed by atoms with Crippen LogP contribution in [0.5, 0.6) is 0 Å². The number of hydrogen-bond acceptors (Lipinski definition) is 3. The molecule has 0 aromatic carbocycles. The van der Waals surface area contributed by atoms with E-state index in [2.05, 4.69) is 13.8 Å². The molecule has 0 bridgehead atoms. The van der Waals surface area contributed by atoms with Gasteiger partial charge in [-0.05, 0) is 44.9 Å². The Hall–Kier alpha value is -0.120. The van der Waals surface area contributed by atoms with Gasteiger partial charge in [-0.3, -0.25) is 0 Å². The van der Waals surface area contributed by atoms with Crippen LogP contribution in [0.25, 0.3) is 0 Å². The maximum absolute atomic E-state index is 6.04. The van der Waals surface area contributed by atoms with E-state index in [0.717, 1.165) is 24.9 Å². The van der Waals surface area contributed by atoms with Crippen molar-refractivity contribution in [3.63, 3.8) is 0 Å². The van der Waals surface area contributed by atoms with E-state index >= 15 is 0 Å². The molecule has 1 aliphatic heterocycles. The highest BCUT2D eigenvalue weighted by molar-refractivity contribution is 4.83. The summed E-state index contributed by atoms with van der Waals surface area (Å²) < 4.78 is 17.3. The lowest BCUT2D eigenvalue weighted by Gasteiger charge is -2.42. The van der Waals surface area contributed by atoms with E-state index in [4.69, 9.17) is 14.2 Å². The van der Waals surface area contributed by atoms with Crippen LogP contribution < -0.4 is 0 Å². The lowest BCUT2D eigenvalue weighted by atomic mass is 9.75. The largest absolute Gasteiger partial charge is 0.379 e. The Bertz CT molecular complexity index is 238. The Morgan fingerprint density at radius 2 is 1.76 bits per heavy atom. The highest BCUT2D eigenvalue weighted by Gasteiger charge is 2.37. The second kappa shape index (κ2) is 5.25. The first kappa shape index (κ1) is 13.3. The Morgan fingerprint density at radius 1 is 1.12 bits per heavy atom. The molecule has 0 radical (unpaired) electrons. The molecule has 2 rings (SSSR count). The van der Waals surface area contributed by atoms with Crippen molar-refractivity contribution < 1.29 is 14.2 Å². The van der Waals surface area contributed by atoms with Crippen LogP contribution in [0.1, 0.15) is 47.0 Å². The summed E-state index contributed by atoms with van der Waals surface area (Å²) in [5.74, 6) is 1.15. The van der Waals surface area contributed by atoms with Crippen LogP contribution in [0.2, 0.25) is 0 Å². The van der Waals surface area contributed by atoms with Gasteiger partial charge in [-0.25, -0.2) is 0 Å². The second-order valence-electron chi connectivity index (χ2n) is 6.22. The Morgan fingerprint density at radius 3 is 2.29 bits per heavy atom. The fourth-order valence-corrected chi connectivity index (χ4v) is 2.68. The predicted octanol–water partition coefficient (Wildman–Crippen LogP) is 2.98. The third kappa shape index (κ3) is 3.67. The van der Waals surface area contributed by atoms with E-state index < -0.39 is 5.79 Å². The van der Waals surface area contributed by atoms with Crippen LogP contribution in [-0.2, 0) is 14.2 Å². The molecule has 1 atom stereocenters. The van der Waals surface area contributed by atoms with Crippen molar-refractivity contribution in [2.24, 2.45) is 11.8 Å². The lowest BCUT2D eigenvalue weighted by Crippen LogP contribution is -2.43. The molecule has 0 aromatic heterocycles. The fourth-order valence-electron chi connectivity index (χ4n) is 2.68. The second-order valence-corrected chi connectivity index (χ2v) is 6.22. The molecule has 2 fully saturated rings. The Labute approximate surface area is 105 Å². The maximum atomic E-state index is 6.04. The lowest BCUT2D eigenvalue weighted by molar-refractivity contribution is -0.274. The molecule has 0 aromatic rings. The predicted molar refractivity (Wildman–Crippen MR) is 66.8 cm³/mol. The zero-order chi connectivity index (χ0) is 12.5. The van der Waals surface area contributed by atoms with Crippen LogP contribution in [0.15, 0.2) is 0 Å². The third-order valence-electron chi connectivity index (χ3n) is 3.86. The topological polar surface area (TPSA) is 27.7 Å². The van der Waals surface area contributed by atoms with Gasteiger partial charge >= 0.3 is 0 Å². The van der Waals surface area contributed by atoms with E-state index in [9.17, 15) is 0 Å². The molecule has 0 spiro atoms. The van der Waals surface area contributed by atoms with Crippen molar-refractivity contribution in [1.29, 1.82) is 0 Å². The summed E-state index contributed by atoms with van der Waals surface area (Å²) in [5.41, 5.74) is 0. The highest BCUT2D eigenvalue weighted by Crippen LogP contribution is 2.38. The first-order valence-corrected chi connectivity index (χ1v) is 6.89. The van der Waals surface area contributed by atoms with Crippen LogP contribution in [-0.4, -0.2) is 31.2 Å². The van der Waals surface area contributed by atoms with Crippen molar-refractivity contribution in [2.45, 2.75) is 65.0 Å². The minimum atomic E-state index is -0.467. The maximum Gasteiger partial charge on any atom is 0.163 e. The Balaban J connectivity index is 1.70. The molecule has 0 N–H and O–H groups in total. The quantitative estimate of drug-likeness (QED) is 0.694. The summed E-state index contributed by atoms with van der Waals surface area (Å²) in [7, 11) is 0. The molecule has 17 heavy (non-hydrogen) atoms. The van der Waals surface area contributed by atoms with Gasteiger partial charge in [-0.2, -0.15) is 0 Å². The average Bonchev–Trinajstić information content (AvgIpc) is 2.61. The molecule has 3 heteroatoms. The fraction of sp³-hybridized carbons (Fsp3) is 1.00. The van der Waals surface area contributed by atoms with Crippen molar-refractivity contribution in [3.05, 3.63) is 0 Å². The molecule has 3 nitrogen and oxygen atoms in total. The minimum Gasteiger partial charge on any atom is -0.379 e. The van der Waals surface area contributed by atoms with Gasteiger partial charge in [0.05, 0.1) is 18.8 Å². The van der Waals surface area contributed by atoms with Crippen molar-refractivity contribution in [2.75, 3.05) is 13.2 Å². The summed E-state index contributed by atoms with van der Waals surface area (Å²) in [6.45, 7) is 10.2. The minimum absolute atomic E-state index is 0.214. The highest BCUT2D eigenvalue weighted by atomic mass is 16.7. The third-order valence-corrected chi connectivity index (χ3v) is 3.86. The molecule has 1 unspecified atom stereocenters. The normalized spacial score (nSPS) is 34.1. The van der Waals surface area contributed by atoms with Gasteiger partial charge in [-0.15, -0.1) is 0 Å². The summed E-state index contributed by atoms with van der Waals surface area (Å²) in [4.78, 5) is 0. The summed E-state index contributed by atoms with van der Waals surface area (Å²) in [6.07, 6.45) is 3.97. The van der Waals surface area contributed by atoms with E-state index in [-0.39, 0.29) is 6.10 Å². The number of hydrogen-bond donors (Lipinski definition) is 0. The molecule has 1 aliphatic carbocycles. The zero-order valence-corrected chi connectivity index (χ0v) is 11.6. The molecular formula is C14H26O3. The van der Waals surface area contributed by atoms with Crippen LogP contribution in [0.3, 0.4) is 0 Å². The van der Waals surface area contributed by atoms with Crippen LogP contribution in [0.4, 0.5) is 0 Å². The van der Waals surface area contributed by atoms with Gasteiger partial charge in [0.2, 0.25) is 0 Å². The van der Waals surface area contributed by atoms with Crippen molar-refractivity contribution >= 4 is 0 Å². The van der Waals surface area contributed by atoms with E-state index in [0.29, 0.717) is 12.7 Å². The van der Waals surface area contributed by atoms with Gasteiger partial charge in [-0.1, -0.05) is 13.8 Å². The SMILES string of the molecule is CC(C)C1CC(OC(C)(C)OC2CCOC2)C1. The van der Waals surface area contributed by atoms with E-state index in [1.54, 1.807) is 0 Å². The zero-order valence-electron chi connectivity index (χ0n) is 11.6. The first-order chi connectivity index (χ1) is 7.96. The van der Waals surface area contributed by atoms with Crippen LogP contribution in [0, 0.1) is 11.8 Å². The first-order valence-electron chi connectivity index (χ1n) is 6.89. The summed E-state index contributed by atoms with van der Waals surface area (Å²) >= 11 is 0. The molecule has 0 amide bonds. The van der Waals surface area contributed by atoms with Crippen molar-refractivity contribution in [3.8, 4) is 0 Å². The molecule has 1 saturated carbocycles. The standard InChI is InChI=1S/C14H26O3/c1-10(2)11-7-13(8-11)17-14(3,4)16-12-5-6-15-9-12/h10-13H,5-9H2,1-4H3. The van der Waals surface area contributed by atoms with Gasteiger partial charge < -0.3 is 14.2 Å². The monoisotopic (exact) mass is 242 g/mol. The molecule has 1 saturated heterocycles. The molecule has 1 heterocycles. The van der Waals surface area contributed by atoms with Crippen molar-refractivity contribution in [1.82, 2.24) is 0 Å². The van der Waals surface area contributed by atoms with E-state index in [1.165, 1.54) is 12.8 Å². The molecular weight excluding hydrogens is 216 g/mol. The van der Waals surface area contributed by atoms with E-state index in [1.807, 2.05) is 13.8 Å². The van der Waals surface area contributed by atoms with Gasteiger partial charge in [0.25, 0.3) is 0 Å². The summed E-state index contributed by atoms with van der Waals surface area (Å²) in [5, 5.41) is 0. The van der Waals surface area contributed by atoms with Crippen LogP contribution >= 0.6 is 0 Å². The van der Waals surface area contributed by atoms with Gasteiger partial charge in [0.15, 0.2) is 5.79 Å². The Kier molecular flexibility index (Phi) is 4.11.